The van der Waals surface area contributed by atoms with Crippen molar-refractivity contribution < 1.29 is 13.9 Å². The lowest BCUT2D eigenvalue weighted by Gasteiger charge is -2.06. The van der Waals surface area contributed by atoms with Crippen LogP contribution < -0.4 is 5.73 Å². The molecule has 0 saturated carbocycles. The van der Waals surface area contributed by atoms with Crippen molar-refractivity contribution in [3.63, 3.8) is 0 Å². The van der Waals surface area contributed by atoms with Crippen LogP contribution in [0.1, 0.15) is 39.3 Å². The number of fused-ring (bicyclic) bond motifs is 1. The van der Waals surface area contributed by atoms with E-state index in [0.717, 1.165) is 22.0 Å². The fourth-order valence-corrected chi connectivity index (χ4v) is 3.47. The molecule has 1 atom stereocenters. The van der Waals surface area contributed by atoms with Crippen molar-refractivity contribution in [2.75, 3.05) is 0 Å². The van der Waals surface area contributed by atoms with Gasteiger partial charge in [-0.1, -0.05) is 48.5 Å². The normalized spacial score (nSPS) is 12.2. The summed E-state index contributed by atoms with van der Waals surface area (Å²) < 4.78 is 13.1. The number of carbonyl (C=O) groups excluding carboxylic acids is 1. The molecule has 6 nitrogen and oxygen atoms in total. The molecule has 0 amide bonds. The quantitative estimate of drug-likeness (QED) is 0.503. The van der Waals surface area contributed by atoms with E-state index in [1.54, 1.807) is 6.92 Å². The molecule has 0 spiro atoms. The second-order valence-electron chi connectivity index (χ2n) is 7.11. The van der Waals surface area contributed by atoms with Crippen molar-refractivity contribution in [3.05, 3.63) is 89.3 Å². The Kier molecular flexibility index (Phi) is 5.18. The second kappa shape index (κ2) is 7.93. The Morgan fingerprint density at radius 1 is 1.17 bits per heavy atom. The molecule has 4 aromatic rings. The van der Waals surface area contributed by atoms with E-state index in [-0.39, 0.29) is 12.3 Å². The Morgan fingerprint density at radius 2 is 1.90 bits per heavy atom. The molecule has 4 rings (SSSR count). The topological polar surface area (TPSA) is 83.3 Å². The molecule has 29 heavy (non-hydrogen) atoms. The highest BCUT2D eigenvalue weighted by molar-refractivity contribution is 5.88. The average molecular weight is 389 g/mol. The lowest BCUT2D eigenvalue weighted by molar-refractivity contribution is 0.0464. The minimum absolute atomic E-state index is 0.171. The van der Waals surface area contributed by atoms with Crippen LogP contribution >= 0.6 is 0 Å². The highest BCUT2D eigenvalue weighted by Crippen LogP contribution is 2.25. The Labute approximate surface area is 168 Å². The maximum absolute atomic E-state index is 12.4. The summed E-state index contributed by atoms with van der Waals surface area (Å²) in [5.74, 6) is 0.229. The van der Waals surface area contributed by atoms with Crippen molar-refractivity contribution in [3.8, 4) is 0 Å². The van der Waals surface area contributed by atoms with E-state index in [9.17, 15) is 4.79 Å². The summed E-state index contributed by atoms with van der Waals surface area (Å²) >= 11 is 0. The minimum Gasteiger partial charge on any atom is -0.456 e. The van der Waals surface area contributed by atoms with Gasteiger partial charge in [-0.05, 0) is 30.5 Å². The van der Waals surface area contributed by atoms with Crippen LogP contribution in [-0.4, -0.2) is 15.5 Å². The molecule has 0 aliphatic carbocycles. The number of esters is 1. The maximum Gasteiger partial charge on any atom is 0.360 e. The van der Waals surface area contributed by atoms with Gasteiger partial charge in [0.1, 0.15) is 12.4 Å². The number of aromatic nitrogens is 2. The Balaban J connectivity index is 1.48. The predicted molar refractivity (Wildman–Crippen MR) is 110 cm³/mol. The first-order valence-corrected chi connectivity index (χ1v) is 9.50. The lowest BCUT2D eigenvalue weighted by atomic mass is 10.1. The molecule has 0 bridgehead atoms. The van der Waals surface area contributed by atoms with Crippen molar-refractivity contribution in [1.29, 1.82) is 0 Å². The molecular weight excluding hydrogens is 366 g/mol. The summed E-state index contributed by atoms with van der Waals surface area (Å²) in [5.41, 5.74) is 9.69. The van der Waals surface area contributed by atoms with E-state index in [0.29, 0.717) is 18.1 Å². The van der Waals surface area contributed by atoms with Gasteiger partial charge in [-0.15, -0.1) is 0 Å². The molecule has 6 heteroatoms. The minimum atomic E-state index is -0.515. The number of benzene rings is 2. The summed E-state index contributed by atoms with van der Waals surface area (Å²) in [6, 6.07) is 17.2. The number of carbonyl (C=O) groups is 1. The molecule has 0 radical (unpaired) electrons. The van der Waals surface area contributed by atoms with Crippen molar-refractivity contribution in [1.82, 2.24) is 9.55 Å². The van der Waals surface area contributed by atoms with Crippen LogP contribution in [0.2, 0.25) is 0 Å². The number of aryl methyl sites for hydroxylation is 2. The molecule has 2 aromatic heterocycles. The number of rotatable bonds is 6. The van der Waals surface area contributed by atoms with Crippen LogP contribution in [0, 0.1) is 6.92 Å². The molecule has 0 aliphatic heterocycles. The predicted octanol–water partition coefficient (Wildman–Crippen LogP) is 4.07. The molecule has 0 fully saturated rings. The third-order valence-electron chi connectivity index (χ3n) is 4.96. The molecule has 148 valence electrons. The van der Waals surface area contributed by atoms with Crippen molar-refractivity contribution in [2.45, 2.75) is 26.0 Å². The van der Waals surface area contributed by atoms with Gasteiger partial charge < -0.3 is 19.5 Å². The molecule has 0 saturated heterocycles. The van der Waals surface area contributed by atoms with E-state index < -0.39 is 12.0 Å². The van der Waals surface area contributed by atoms with Crippen LogP contribution in [0.25, 0.3) is 10.9 Å². The van der Waals surface area contributed by atoms with Crippen molar-refractivity contribution >= 4 is 16.9 Å². The van der Waals surface area contributed by atoms with Gasteiger partial charge in [0.25, 0.3) is 0 Å². The Bertz CT molecular complexity index is 1140. The van der Waals surface area contributed by atoms with Crippen LogP contribution in [0.5, 0.6) is 0 Å². The summed E-state index contributed by atoms with van der Waals surface area (Å²) in [6.07, 6.45) is 2.62. The number of ether oxygens (including phenoxy) is 1. The van der Waals surface area contributed by atoms with Crippen LogP contribution in [0.3, 0.4) is 0 Å². The van der Waals surface area contributed by atoms with E-state index in [2.05, 4.69) is 27.9 Å². The summed E-state index contributed by atoms with van der Waals surface area (Å²) in [7, 11) is 2.01. The first-order chi connectivity index (χ1) is 14.0. The first-order valence-electron chi connectivity index (χ1n) is 9.50. The zero-order valence-electron chi connectivity index (χ0n) is 16.5. The number of hydrogen-bond acceptors (Lipinski definition) is 5. The average Bonchev–Trinajstić information content (AvgIpc) is 3.28. The number of para-hydroxylation sites is 1. The molecule has 2 heterocycles. The van der Waals surface area contributed by atoms with Gasteiger partial charge in [0.2, 0.25) is 5.89 Å². The third-order valence-corrected chi connectivity index (χ3v) is 4.96. The highest BCUT2D eigenvalue weighted by Gasteiger charge is 2.23. The highest BCUT2D eigenvalue weighted by atomic mass is 16.5. The van der Waals surface area contributed by atoms with E-state index in [1.807, 2.05) is 49.5 Å². The van der Waals surface area contributed by atoms with Gasteiger partial charge in [-0.25, -0.2) is 9.78 Å². The van der Waals surface area contributed by atoms with Crippen LogP contribution in [0.4, 0.5) is 0 Å². The molecular formula is C23H23N3O3. The standard InChI is InChI=1S/C23H23N3O3/c1-15-21(23(27)28-14-16-8-4-3-5-9-16)25-22(29-15)19(24)12-17-13-26(2)20-11-7-6-10-18(17)20/h3-11,13,19H,12,14,24H2,1-2H3/t19-/m1/s1. The third kappa shape index (κ3) is 3.93. The molecule has 2 aromatic carbocycles. The van der Waals surface area contributed by atoms with E-state index in [4.69, 9.17) is 14.9 Å². The maximum atomic E-state index is 12.4. The molecule has 0 unspecified atom stereocenters. The molecule has 2 N–H and O–H groups in total. The van der Waals surface area contributed by atoms with Gasteiger partial charge in [0.15, 0.2) is 5.69 Å². The number of nitrogens with zero attached hydrogens (tertiary/aromatic N) is 2. The van der Waals surface area contributed by atoms with Gasteiger partial charge in [0, 0.05) is 24.1 Å². The smallest absolute Gasteiger partial charge is 0.360 e. The van der Waals surface area contributed by atoms with Gasteiger partial charge >= 0.3 is 5.97 Å². The Hall–Kier alpha value is -3.38. The number of hydrogen-bond donors (Lipinski definition) is 1. The van der Waals surface area contributed by atoms with Crippen LogP contribution in [0.15, 0.2) is 65.2 Å². The summed E-state index contributed by atoms with van der Waals surface area (Å²) in [4.78, 5) is 16.8. The lowest BCUT2D eigenvalue weighted by Crippen LogP contribution is -2.14. The fraction of sp³-hybridized carbons (Fsp3) is 0.217. The summed E-state index contributed by atoms with van der Waals surface area (Å²) in [6.45, 7) is 1.88. The fourth-order valence-electron chi connectivity index (χ4n) is 3.47. The Morgan fingerprint density at radius 3 is 2.69 bits per heavy atom. The SMILES string of the molecule is Cc1oc([C@H](N)Cc2cn(C)c3ccccc23)nc1C(=O)OCc1ccccc1. The number of oxazole rings is 1. The first kappa shape index (κ1) is 19.0. The van der Waals surface area contributed by atoms with Gasteiger partial charge in [-0.3, -0.25) is 0 Å². The zero-order valence-corrected chi connectivity index (χ0v) is 16.5. The zero-order chi connectivity index (χ0) is 20.4. The van der Waals surface area contributed by atoms with Crippen LogP contribution in [-0.2, 0) is 24.8 Å². The van der Waals surface area contributed by atoms with E-state index in [1.165, 1.54) is 0 Å². The van der Waals surface area contributed by atoms with E-state index >= 15 is 0 Å². The van der Waals surface area contributed by atoms with Gasteiger partial charge in [-0.2, -0.15) is 0 Å². The number of nitrogens with two attached hydrogens (primary N) is 1. The second-order valence-corrected chi connectivity index (χ2v) is 7.11. The van der Waals surface area contributed by atoms with Crippen molar-refractivity contribution in [2.24, 2.45) is 12.8 Å². The largest absolute Gasteiger partial charge is 0.456 e. The summed E-state index contributed by atoms with van der Waals surface area (Å²) in [5, 5.41) is 1.15. The van der Waals surface area contributed by atoms with Gasteiger partial charge in [0.05, 0.1) is 6.04 Å². The molecule has 0 aliphatic rings. The monoisotopic (exact) mass is 389 g/mol.